The van der Waals surface area contributed by atoms with Gasteiger partial charge in [0.2, 0.25) is 0 Å². The lowest BCUT2D eigenvalue weighted by Gasteiger charge is -2.47. The van der Waals surface area contributed by atoms with Gasteiger partial charge in [0.05, 0.1) is 11.7 Å². The molecule has 2 fully saturated rings. The van der Waals surface area contributed by atoms with Gasteiger partial charge in [-0.25, -0.2) is 9.78 Å². The van der Waals surface area contributed by atoms with Crippen LogP contribution in [0.3, 0.4) is 0 Å². The lowest BCUT2D eigenvalue weighted by Crippen LogP contribution is -2.55. The Bertz CT molecular complexity index is 653. The van der Waals surface area contributed by atoms with Crippen LogP contribution in [0.15, 0.2) is 6.07 Å². The zero-order valence-corrected chi connectivity index (χ0v) is 13.8. The fourth-order valence-corrected chi connectivity index (χ4v) is 4.35. The molecule has 6 nitrogen and oxygen atoms in total. The third-order valence-electron chi connectivity index (χ3n) is 5.79. The van der Waals surface area contributed by atoms with Crippen LogP contribution in [0.2, 0.25) is 0 Å². The summed E-state index contributed by atoms with van der Waals surface area (Å²) in [5.41, 5.74) is 1.98. The number of pyridine rings is 1. The lowest BCUT2D eigenvalue weighted by atomic mass is 9.82. The fraction of sp³-hybridized carbons (Fsp3) is 0.667. The van der Waals surface area contributed by atoms with Crippen molar-refractivity contribution in [1.82, 2.24) is 4.98 Å². The van der Waals surface area contributed by atoms with E-state index in [9.17, 15) is 15.0 Å². The Morgan fingerprint density at radius 2 is 2.08 bits per heavy atom. The van der Waals surface area contributed by atoms with Gasteiger partial charge in [-0.3, -0.25) is 0 Å². The van der Waals surface area contributed by atoms with Crippen molar-refractivity contribution in [3.8, 4) is 0 Å². The van der Waals surface area contributed by atoms with E-state index in [2.05, 4.69) is 4.90 Å². The number of carbonyl (C=O) groups is 1. The zero-order chi connectivity index (χ0) is 16.7. The molecule has 1 atom stereocenters. The van der Waals surface area contributed by atoms with Crippen molar-refractivity contribution in [2.75, 3.05) is 24.6 Å². The molecule has 1 aromatic heterocycles. The Morgan fingerprint density at radius 1 is 1.29 bits per heavy atom. The van der Waals surface area contributed by atoms with Gasteiger partial charge in [0.25, 0.3) is 0 Å². The third kappa shape index (κ3) is 2.58. The van der Waals surface area contributed by atoms with Gasteiger partial charge >= 0.3 is 5.97 Å². The van der Waals surface area contributed by atoms with Crippen LogP contribution in [0.4, 0.5) is 5.82 Å². The predicted octanol–water partition coefficient (Wildman–Crippen LogP) is 1.78. The molecule has 6 heteroatoms. The molecule has 0 bridgehead atoms. The Kier molecular flexibility index (Phi) is 3.96. The Hall–Kier alpha value is -1.66. The van der Waals surface area contributed by atoms with E-state index in [1.165, 1.54) is 0 Å². The third-order valence-corrected chi connectivity index (χ3v) is 5.79. The number of ether oxygens (including phenoxy) is 1. The maximum Gasteiger partial charge on any atom is 0.339 e. The van der Waals surface area contributed by atoms with Gasteiger partial charge < -0.3 is 19.8 Å². The minimum Gasteiger partial charge on any atom is -0.478 e. The molecular formula is C18H24N2O4. The summed E-state index contributed by atoms with van der Waals surface area (Å²) in [4.78, 5) is 18.4. The minimum atomic E-state index is -0.915. The van der Waals surface area contributed by atoms with E-state index in [4.69, 9.17) is 9.72 Å². The van der Waals surface area contributed by atoms with Crippen LogP contribution in [0.5, 0.6) is 0 Å². The van der Waals surface area contributed by atoms with Crippen molar-refractivity contribution in [2.24, 2.45) is 0 Å². The smallest absolute Gasteiger partial charge is 0.339 e. The van der Waals surface area contributed by atoms with E-state index < -0.39 is 17.7 Å². The number of hydrogen-bond donors (Lipinski definition) is 2. The first-order valence-corrected chi connectivity index (χ1v) is 8.92. The highest BCUT2D eigenvalue weighted by molar-refractivity contribution is 5.93. The van der Waals surface area contributed by atoms with Crippen LogP contribution in [0.25, 0.3) is 0 Å². The highest BCUT2D eigenvalue weighted by Crippen LogP contribution is 2.37. The Labute approximate surface area is 141 Å². The van der Waals surface area contributed by atoms with E-state index in [-0.39, 0.29) is 0 Å². The number of aryl methyl sites for hydroxylation is 2. The molecule has 2 N–H and O–H groups in total. The summed E-state index contributed by atoms with van der Waals surface area (Å²) < 4.78 is 5.94. The SMILES string of the molecule is O=C(O)c1cc2c(nc1N1CCC3(CC1)OCCC[C@H]3O)CCC2. The number of aromatic nitrogens is 1. The number of hydrogen-bond acceptors (Lipinski definition) is 5. The topological polar surface area (TPSA) is 82.9 Å². The highest BCUT2D eigenvalue weighted by atomic mass is 16.5. The molecule has 0 aromatic carbocycles. The van der Waals surface area contributed by atoms with Gasteiger partial charge in [0.15, 0.2) is 0 Å². The average Bonchev–Trinajstić information content (AvgIpc) is 3.05. The zero-order valence-electron chi connectivity index (χ0n) is 13.8. The quantitative estimate of drug-likeness (QED) is 0.859. The fourth-order valence-electron chi connectivity index (χ4n) is 4.35. The molecule has 1 aliphatic carbocycles. The molecule has 1 aromatic rings. The molecule has 130 valence electrons. The summed E-state index contributed by atoms with van der Waals surface area (Å²) in [7, 11) is 0. The second-order valence-corrected chi connectivity index (χ2v) is 7.18. The summed E-state index contributed by atoms with van der Waals surface area (Å²) in [5, 5.41) is 19.9. The Balaban J connectivity index is 1.58. The second kappa shape index (κ2) is 6.01. The molecule has 4 rings (SSSR count). The molecule has 2 saturated heterocycles. The van der Waals surface area contributed by atoms with Crippen molar-refractivity contribution in [1.29, 1.82) is 0 Å². The number of aliphatic hydroxyl groups is 1. The summed E-state index contributed by atoms with van der Waals surface area (Å²) in [6, 6.07) is 1.81. The van der Waals surface area contributed by atoms with Crippen molar-refractivity contribution < 1.29 is 19.7 Å². The van der Waals surface area contributed by atoms with Gasteiger partial charge in [-0.2, -0.15) is 0 Å². The number of nitrogens with zero attached hydrogens (tertiary/aromatic N) is 2. The largest absolute Gasteiger partial charge is 0.478 e. The molecule has 1 spiro atoms. The van der Waals surface area contributed by atoms with E-state index >= 15 is 0 Å². The number of carboxylic acids is 1. The van der Waals surface area contributed by atoms with E-state index in [1.54, 1.807) is 0 Å². The second-order valence-electron chi connectivity index (χ2n) is 7.18. The summed E-state index contributed by atoms with van der Waals surface area (Å²) in [6.07, 6.45) is 5.61. The standard InChI is InChI=1S/C18H24N2O4/c21-15-5-2-10-24-18(15)6-8-20(9-7-18)16-13(17(22)23)11-12-3-1-4-14(12)19-16/h11,15,21H,1-10H2,(H,22,23)/t15-/m1/s1. The minimum absolute atomic E-state index is 0.303. The molecule has 2 aliphatic heterocycles. The predicted molar refractivity (Wildman–Crippen MR) is 88.6 cm³/mol. The number of aliphatic hydroxyl groups excluding tert-OH is 1. The molecule has 0 radical (unpaired) electrons. The molecule has 3 aliphatic rings. The highest BCUT2D eigenvalue weighted by Gasteiger charge is 2.44. The molecular weight excluding hydrogens is 308 g/mol. The first-order chi connectivity index (χ1) is 11.6. The van der Waals surface area contributed by atoms with Crippen molar-refractivity contribution >= 4 is 11.8 Å². The normalized spacial score (nSPS) is 25.7. The summed E-state index contributed by atoms with van der Waals surface area (Å²) >= 11 is 0. The molecule has 0 saturated carbocycles. The van der Waals surface area contributed by atoms with E-state index in [0.29, 0.717) is 43.9 Å². The van der Waals surface area contributed by atoms with Gasteiger partial charge in [0, 0.05) is 25.4 Å². The van der Waals surface area contributed by atoms with Crippen LogP contribution >= 0.6 is 0 Å². The van der Waals surface area contributed by atoms with E-state index in [0.717, 1.165) is 43.4 Å². The van der Waals surface area contributed by atoms with Crippen molar-refractivity contribution in [2.45, 2.75) is 56.7 Å². The molecule has 0 unspecified atom stereocenters. The summed E-state index contributed by atoms with van der Waals surface area (Å²) in [6.45, 7) is 2.04. The van der Waals surface area contributed by atoms with Gasteiger partial charge in [-0.15, -0.1) is 0 Å². The molecule has 3 heterocycles. The van der Waals surface area contributed by atoms with Gasteiger partial charge in [0.1, 0.15) is 11.4 Å². The van der Waals surface area contributed by atoms with Crippen LogP contribution in [0.1, 0.15) is 53.7 Å². The van der Waals surface area contributed by atoms with Crippen LogP contribution in [-0.2, 0) is 17.6 Å². The molecule has 0 amide bonds. The number of aromatic carboxylic acids is 1. The maximum atomic E-state index is 11.7. The Morgan fingerprint density at radius 3 is 2.79 bits per heavy atom. The van der Waals surface area contributed by atoms with E-state index in [1.807, 2.05) is 6.07 Å². The number of fused-ring (bicyclic) bond motifs is 1. The first kappa shape index (κ1) is 15.8. The van der Waals surface area contributed by atoms with Crippen LogP contribution < -0.4 is 4.90 Å². The van der Waals surface area contributed by atoms with Crippen LogP contribution in [0, 0.1) is 0 Å². The summed E-state index contributed by atoms with van der Waals surface area (Å²) in [5.74, 6) is -0.329. The van der Waals surface area contributed by atoms with Gasteiger partial charge in [-0.05, 0) is 56.6 Å². The number of rotatable bonds is 2. The average molecular weight is 332 g/mol. The number of anilines is 1. The van der Waals surface area contributed by atoms with Crippen LogP contribution in [-0.4, -0.2) is 52.6 Å². The maximum absolute atomic E-state index is 11.7. The van der Waals surface area contributed by atoms with Crippen molar-refractivity contribution in [3.63, 3.8) is 0 Å². The molecule has 24 heavy (non-hydrogen) atoms. The number of carboxylic acid groups (broad SMARTS) is 1. The van der Waals surface area contributed by atoms with Gasteiger partial charge in [-0.1, -0.05) is 0 Å². The first-order valence-electron chi connectivity index (χ1n) is 8.92. The number of piperidine rings is 1. The monoisotopic (exact) mass is 332 g/mol. The van der Waals surface area contributed by atoms with Crippen molar-refractivity contribution in [3.05, 3.63) is 22.9 Å². The lowest BCUT2D eigenvalue weighted by molar-refractivity contribution is -0.164.